The van der Waals surface area contributed by atoms with Gasteiger partial charge in [0.1, 0.15) is 6.61 Å². The number of rotatable bonds is 8. The number of ether oxygens (including phenoxy) is 1. The van der Waals surface area contributed by atoms with Crippen LogP contribution in [0.25, 0.3) is 0 Å². The van der Waals surface area contributed by atoms with Crippen molar-refractivity contribution in [1.82, 2.24) is 15.5 Å². The van der Waals surface area contributed by atoms with Crippen LogP contribution in [0.4, 0.5) is 0 Å². The van der Waals surface area contributed by atoms with Crippen LogP contribution in [0, 0.1) is 5.92 Å². The second-order valence-corrected chi connectivity index (χ2v) is 5.35. The zero-order chi connectivity index (χ0) is 13.5. The van der Waals surface area contributed by atoms with Crippen LogP contribution >= 0.6 is 0 Å². The molecule has 0 amide bonds. The first-order valence-corrected chi connectivity index (χ1v) is 7.37. The average molecular weight is 267 g/mol. The second kappa shape index (κ2) is 7.60. The van der Waals surface area contributed by atoms with E-state index in [1.165, 1.54) is 25.7 Å². The first-order valence-electron chi connectivity index (χ1n) is 7.37. The van der Waals surface area contributed by atoms with E-state index in [-0.39, 0.29) is 0 Å². The molecule has 1 aromatic rings. The van der Waals surface area contributed by atoms with Crippen LogP contribution in [-0.4, -0.2) is 29.8 Å². The predicted octanol–water partition coefficient (Wildman–Crippen LogP) is 2.32. The molecular formula is C14H25N3O2. The molecule has 1 unspecified atom stereocenters. The summed E-state index contributed by atoms with van der Waals surface area (Å²) in [5.41, 5.74) is 0. The van der Waals surface area contributed by atoms with E-state index < -0.39 is 0 Å². The van der Waals surface area contributed by atoms with Crippen molar-refractivity contribution in [1.29, 1.82) is 0 Å². The van der Waals surface area contributed by atoms with Crippen molar-refractivity contribution in [2.45, 2.75) is 58.1 Å². The third kappa shape index (κ3) is 4.28. The number of nitrogens with one attached hydrogen (secondary N) is 1. The van der Waals surface area contributed by atoms with Crippen LogP contribution in [0.15, 0.2) is 4.52 Å². The highest BCUT2D eigenvalue weighted by Gasteiger charge is 2.26. The number of methoxy groups -OCH3 is 1. The van der Waals surface area contributed by atoms with Gasteiger partial charge in [-0.15, -0.1) is 0 Å². The second-order valence-electron chi connectivity index (χ2n) is 5.35. The molecule has 0 bridgehead atoms. The Morgan fingerprint density at radius 2 is 2.21 bits per heavy atom. The summed E-state index contributed by atoms with van der Waals surface area (Å²) in [7, 11) is 1.64. The molecule has 1 aromatic heterocycles. The molecule has 1 heterocycles. The highest BCUT2D eigenvalue weighted by atomic mass is 16.5. The van der Waals surface area contributed by atoms with Gasteiger partial charge in [0.25, 0.3) is 0 Å². The smallest absolute Gasteiger partial charge is 0.228 e. The fourth-order valence-corrected chi connectivity index (χ4v) is 2.84. The van der Waals surface area contributed by atoms with Crippen molar-refractivity contribution in [2.75, 3.05) is 13.7 Å². The van der Waals surface area contributed by atoms with Gasteiger partial charge in [0.2, 0.25) is 5.89 Å². The summed E-state index contributed by atoms with van der Waals surface area (Å²) >= 11 is 0. The molecule has 0 saturated heterocycles. The highest BCUT2D eigenvalue weighted by Crippen LogP contribution is 2.29. The van der Waals surface area contributed by atoms with Crippen molar-refractivity contribution >= 4 is 0 Å². The Kier molecular flexibility index (Phi) is 5.79. The minimum atomic E-state index is 0.417. The molecule has 0 radical (unpaired) electrons. The van der Waals surface area contributed by atoms with Gasteiger partial charge in [-0.2, -0.15) is 4.98 Å². The molecule has 108 valence electrons. The van der Waals surface area contributed by atoms with Gasteiger partial charge < -0.3 is 14.6 Å². The SMILES string of the molecule is CCCNC(Cc1nc(COC)no1)C1CCCC1. The van der Waals surface area contributed by atoms with Gasteiger partial charge in [0.15, 0.2) is 5.82 Å². The van der Waals surface area contributed by atoms with Gasteiger partial charge in [0.05, 0.1) is 0 Å². The van der Waals surface area contributed by atoms with E-state index in [0.717, 1.165) is 31.2 Å². The Morgan fingerprint density at radius 3 is 2.89 bits per heavy atom. The van der Waals surface area contributed by atoms with Crippen molar-refractivity contribution in [2.24, 2.45) is 5.92 Å². The lowest BCUT2D eigenvalue weighted by molar-refractivity contribution is 0.174. The van der Waals surface area contributed by atoms with Crippen LogP contribution in [0.2, 0.25) is 0 Å². The summed E-state index contributed by atoms with van der Waals surface area (Å²) < 4.78 is 10.3. The van der Waals surface area contributed by atoms with E-state index in [1.54, 1.807) is 7.11 Å². The molecule has 19 heavy (non-hydrogen) atoms. The van der Waals surface area contributed by atoms with Gasteiger partial charge in [-0.3, -0.25) is 0 Å². The third-order valence-electron chi connectivity index (χ3n) is 3.80. The lowest BCUT2D eigenvalue weighted by Gasteiger charge is -2.23. The van der Waals surface area contributed by atoms with Gasteiger partial charge in [-0.1, -0.05) is 24.9 Å². The lowest BCUT2D eigenvalue weighted by atomic mass is 9.95. The zero-order valence-corrected chi connectivity index (χ0v) is 12.0. The van der Waals surface area contributed by atoms with Crippen LogP contribution in [0.3, 0.4) is 0 Å². The van der Waals surface area contributed by atoms with Crippen LogP contribution in [-0.2, 0) is 17.8 Å². The van der Waals surface area contributed by atoms with Gasteiger partial charge in [0, 0.05) is 19.6 Å². The summed E-state index contributed by atoms with van der Waals surface area (Å²) in [6, 6.07) is 0.471. The summed E-state index contributed by atoms with van der Waals surface area (Å²) in [6.07, 6.45) is 7.34. The lowest BCUT2D eigenvalue weighted by Crippen LogP contribution is -2.37. The number of hydrogen-bond acceptors (Lipinski definition) is 5. The standard InChI is InChI=1S/C14H25N3O2/c1-3-8-15-12(11-6-4-5-7-11)9-14-16-13(10-18-2)17-19-14/h11-12,15H,3-10H2,1-2H3. The average Bonchev–Trinajstić information content (AvgIpc) is 3.06. The predicted molar refractivity (Wildman–Crippen MR) is 72.8 cm³/mol. The van der Waals surface area contributed by atoms with Crippen molar-refractivity contribution in [3.05, 3.63) is 11.7 Å². The van der Waals surface area contributed by atoms with E-state index in [0.29, 0.717) is 18.5 Å². The largest absolute Gasteiger partial charge is 0.377 e. The topological polar surface area (TPSA) is 60.2 Å². The monoisotopic (exact) mass is 267 g/mol. The molecule has 2 rings (SSSR count). The normalized spacial score (nSPS) is 18.0. The molecule has 1 saturated carbocycles. The molecule has 1 aliphatic rings. The number of aromatic nitrogens is 2. The maximum absolute atomic E-state index is 5.31. The van der Waals surface area contributed by atoms with E-state index in [1.807, 2.05) is 0 Å². The molecule has 5 nitrogen and oxygen atoms in total. The van der Waals surface area contributed by atoms with Crippen molar-refractivity contribution in [3.8, 4) is 0 Å². The molecule has 1 atom stereocenters. The Bertz CT molecular complexity index is 361. The van der Waals surface area contributed by atoms with Gasteiger partial charge in [-0.25, -0.2) is 0 Å². The first-order chi connectivity index (χ1) is 9.33. The summed E-state index contributed by atoms with van der Waals surface area (Å²) in [6.45, 7) is 3.67. The minimum Gasteiger partial charge on any atom is -0.377 e. The van der Waals surface area contributed by atoms with Crippen LogP contribution < -0.4 is 5.32 Å². The maximum atomic E-state index is 5.31. The first kappa shape index (κ1) is 14.5. The van der Waals surface area contributed by atoms with Crippen LogP contribution in [0.1, 0.15) is 50.7 Å². The van der Waals surface area contributed by atoms with E-state index in [2.05, 4.69) is 22.4 Å². The molecule has 0 spiro atoms. The van der Waals surface area contributed by atoms with Gasteiger partial charge in [-0.05, 0) is 31.7 Å². The summed E-state index contributed by atoms with van der Waals surface area (Å²) in [5, 5.41) is 7.57. The molecule has 5 heteroatoms. The Balaban J connectivity index is 1.93. The van der Waals surface area contributed by atoms with Gasteiger partial charge >= 0.3 is 0 Å². The Morgan fingerprint density at radius 1 is 1.42 bits per heavy atom. The van der Waals surface area contributed by atoms with E-state index >= 15 is 0 Å². The quantitative estimate of drug-likeness (QED) is 0.783. The summed E-state index contributed by atoms with van der Waals surface area (Å²) in [5.74, 6) is 2.12. The van der Waals surface area contributed by atoms with Crippen molar-refractivity contribution in [3.63, 3.8) is 0 Å². The fourth-order valence-electron chi connectivity index (χ4n) is 2.84. The Labute approximate surface area is 115 Å². The van der Waals surface area contributed by atoms with E-state index in [9.17, 15) is 0 Å². The maximum Gasteiger partial charge on any atom is 0.228 e. The molecule has 1 aliphatic carbocycles. The molecule has 1 N–H and O–H groups in total. The fraction of sp³-hybridized carbons (Fsp3) is 0.857. The van der Waals surface area contributed by atoms with Crippen LogP contribution in [0.5, 0.6) is 0 Å². The molecular weight excluding hydrogens is 242 g/mol. The number of nitrogens with zero attached hydrogens (tertiary/aromatic N) is 2. The third-order valence-corrected chi connectivity index (χ3v) is 3.80. The zero-order valence-electron chi connectivity index (χ0n) is 12.0. The highest BCUT2D eigenvalue weighted by molar-refractivity contribution is 4.92. The summed E-state index contributed by atoms with van der Waals surface area (Å²) in [4.78, 5) is 4.38. The minimum absolute atomic E-state index is 0.417. The van der Waals surface area contributed by atoms with E-state index in [4.69, 9.17) is 9.26 Å². The molecule has 1 fully saturated rings. The Hall–Kier alpha value is -0.940. The van der Waals surface area contributed by atoms with Crippen molar-refractivity contribution < 1.29 is 9.26 Å². The molecule has 0 aromatic carbocycles. The molecule has 0 aliphatic heterocycles. The number of hydrogen-bond donors (Lipinski definition) is 1.